The van der Waals surface area contributed by atoms with Crippen molar-refractivity contribution < 1.29 is 14.2 Å². The van der Waals surface area contributed by atoms with Crippen molar-refractivity contribution in [1.29, 1.82) is 0 Å². The van der Waals surface area contributed by atoms with Crippen LogP contribution < -0.4 is 10.1 Å². The van der Waals surface area contributed by atoms with Crippen LogP contribution in [-0.4, -0.2) is 38.7 Å². The molecule has 23 heavy (non-hydrogen) atoms. The van der Waals surface area contributed by atoms with E-state index in [-0.39, 0.29) is 17.8 Å². The second kappa shape index (κ2) is 8.54. The van der Waals surface area contributed by atoms with Crippen LogP contribution in [0, 0.1) is 5.41 Å². The maximum atomic E-state index is 6.13. The number of ether oxygens (including phenoxy) is 3. The van der Waals surface area contributed by atoms with E-state index in [1.165, 1.54) is 0 Å². The van der Waals surface area contributed by atoms with Gasteiger partial charge in [-0.2, -0.15) is 0 Å². The lowest BCUT2D eigenvalue weighted by molar-refractivity contribution is -0.141. The van der Waals surface area contributed by atoms with Gasteiger partial charge in [-0.15, -0.1) is 0 Å². The lowest BCUT2D eigenvalue weighted by Gasteiger charge is -2.30. The summed E-state index contributed by atoms with van der Waals surface area (Å²) in [4.78, 5) is 0. The Bertz CT molecular complexity index is 511. The van der Waals surface area contributed by atoms with Gasteiger partial charge in [0, 0.05) is 17.0 Å². The molecule has 0 saturated carbocycles. The summed E-state index contributed by atoms with van der Waals surface area (Å²) in [5.74, 6) is 0.614. The Morgan fingerprint density at radius 1 is 1.35 bits per heavy atom. The van der Waals surface area contributed by atoms with Crippen LogP contribution in [-0.2, 0) is 9.47 Å². The average Bonchev–Trinajstić information content (AvgIpc) is 2.96. The third kappa shape index (κ3) is 5.50. The fourth-order valence-corrected chi connectivity index (χ4v) is 2.79. The molecule has 2 atom stereocenters. The van der Waals surface area contributed by atoms with Crippen molar-refractivity contribution in [1.82, 2.24) is 5.32 Å². The highest BCUT2D eigenvalue weighted by Gasteiger charge is 2.39. The van der Waals surface area contributed by atoms with Crippen molar-refractivity contribution in [2.24, 2.45) is 5.41 Å². The van der Waals surface area contributed by atoms with E-state index in [2.05, 4.69) is 26.1 Å². The third-order valence-corrected chi connectivity index (χ3v) is 4.21. The fraction of sp³-hybridized carbons (Fsp3) is 0.647. The van der Waals surface area contributed by atoms with Gasteiger partial charge in [-0.25, -0.2) is 0 Å². The van der Waals surface area contributed by atoms with Gasteiger partial charge in [-0.1, -0.05) is 44.0 Å². The summed E-state index contributed by atoms with van der Waals surface area (Å²) in [6.45, 7) is 9.11. The van der Waals surface area contributed by atoms with Gasteiger partial charge >= 0.3 is 0 Å². The molecule has 0 amide bonds. The number of hydrogen-bond donors (Lipinski definition) is 1. The maximum Gasteiger partial charge on any atom is 0.166 e. The van der Waals surface area contributed by atoms with Crippen molar-refractivity contribution in [3.63, 3.8) is 0 Å². The van der Waals surface area contributed by atoms with Crippen molar-refractivity contribution in [2.45, 2.75) is 39.6 Å². The standard InChI is InChI=1S/C17H25Cl2NO3/c1-4-7-20-9-13-10-21-16(23-13)17(2,3)11-22-15-6-5-12(18)8-14(15)19/h5-6,8,13,16,20H,4,7,9-11H2,1-3H3. The summed E-state index contributed by atoms with van der Waals surface area (Å²) in [6, 6.07) is 5.20. The molecule has 0 spiro atoms. The second-order valence-corrected chi connectivity index (χ2v) is 7.32. The molecule has 0 bridgehead atoms. The van der Waals surface area contributed by atoms with Gasteiger partial charge in [0.1, 0.15) is 5.75 Å². The number of rotatable bonds is 8. The zero-order valence-electron chi connectivity index (χ0n) is 13.9. The molecule has 130 valence electrons. The molecule has 1 aliphatic rings. The molecule has 0 radical (unpaired) electrons. The van der Waals surface area contributed by atoms with Crippen molar-refractivity contribution >= 4 is 23.2 Å². The van der Waals surface area contributed by atoms with E-state index in [1.807, 2.05) is 0 Å². The monoisotopic (exact) mass is 361 g/mol. The predicted octanol–water partition coefficient (Wildman–Crippen LogP) is 4.14. The molecule has 0 aliphatic carbocycles. The average molecular weight is 362 g/mol. The highest BCUT2D eigenvalue weighted by atomic mass is 35.5. The minimum absolute atomic E-state index is 0.0879. The molecule has 1 saturated heterocycles. The molecule has 1 fully saturated rings. The normalized spacial score (nSPS) is 21.6. The molecule has 2 rings (SSSR count). The van der Waals surface area contributed by atoms with Crippen LogP contribution >= 0.6 is 23.2 Å². The van der Waals surface area contributed by atoms with E-state index in [4.69, 9.17) is 37.4 Å². The topological polar surface area (TPSA) is 39.7 Å². The largest absolute Gasteiger partial charge is 0.491 e. The summed E-state index contributed by atoms with van der Waals surface area (Å²) in [7, 11) is 0. The molecular formula is C17H25Cl2NO3. The third-order valence-electron chi connectivity index (χ3n) is 3.68. The first-order valence-corrected chi connectivity index (χ1v) is 8.73. The van der Waals surface area contributed by atoms with Crippen LogP contribution in [0.5, 0.6) is 5.75 Å². The lowest BCUT2D eigenvalue weighted by atomic mass is 9.94. The molecule has 0 aromatic heterocycles. The fourth-order valence-electron chi connectivity index (χ4n) is 2.33. The Labute approximate surface area is 148 Å². The molecular weight excluding hydrogens is 337 g/mol. The maximum absolute atomic E-state index is 6.13. The first kappa shape index (κ1) is 18.8. The van der Waals surface area contributed by atoms with Gasteiger partial charge in [0.05, 0.1) is 24.3 Å². The smallest absolute Gasteiger partial charge is 0.166 e. The van der Waals surface area contributed by atoms with Gasteiger partial charge in [0.15, 0.2) is 6.29 Å². The molecule has 6 heteroatoms. The van der Waals surface area contributed by atoms with Crippen molar-refractivity contribution in [2.75, 3.05) is 26.3 Å². The molecule has 1 aromatic rings. The van der Waals surface area contributed by atoms with E-state index >= 15 is 0 Å². The van der Waals surface area contributed by atoms with Crippen LogP contribution in [0.3, 0.4) is 0 Å². The Balaban J connectivity index is 1.84. The summed E-state index contributed by atoms with van der Waals surface area (Å²) in [6.07, 6.45) is 0.907. The molecule has 1 aliphatic heterocycles. The van der Waals surface area contributed by atoms with Crippen LogP contribution in [0.25, 0.3) is 0 Å². The van der Waals surface area contributed by atoms with E-state index in [9.17, 15) is 0 Å². The Kier molecular flexibility index (Phi) is 6.99. The van der Waals surface area contributed by atoms with Gasteiger partial charge in [-0.05, 0) is 31.2 Å². The first-order valence-electron chi connectivity index (χ1n) is 7.98. The highest BCUT2D eigenvalue weighted by Crippen LogP contribution is 2.33. The van der Waals surface area contributed by atoms with Crippen LogP contribution in [0.2, 0.25) is 10.0 Å². The quantitative estimate of drug-likeness (QED) is 0.706. The van der Waals surface area contributed by atoms with Crippen LogP contribution in [0.1, 0.15) is 27.2 Å². The summed E-state index contributed by atoms with van der Waals surface area (Å²) in [5, 5.41) is 4.45. The van der Waals surface area contributed by atoms with Gasteiger partial charge in [-0.3, -0.25) is 0 Å². The summed E-state index contributed by atoms with van der Waals surface area (Å²) >= 11 is 12.0. The lowest BCUT2D eigenvalue weighted by Crippen LogP contribution is -2.37. The highest BCUT2D eigenvalue weighted by molar-refractivity contribution is 6.35. The molecule has 2 unspecified atom stereocenters. The van der Waals surface area contributed by atoms with E-state index in [0.29, 0.717) is 29.0 Å². The Morgan fingerprint density at radius 3 is 2.83 bits per heavy atom. The molecule has 1 aromatic carbocycles. The van der Waals surface area contributed by atoms with Crippen LogP contribution in [0.15, 0.2) is 18.2 Å². The number of nitrogens with one attached hydrogen (secondary N) is 1. The minimum atomic E-state index is -0.290. The first-order chi connectivity index (χ1) is 10.9. The Morgan fingerprint density at radius 2 is 2.13 bits per heavy atom. The van der Waals surface area contributed by atoms with Crippen molar-refractivity contribution in [3.8, 4) is 5.75 Å². The number of benzene rings is 1. The predicted molar refractivity (Wildman–Crippen MR) is 93.5 cm³/mol. The molecule has 1 heterocycles. The Hall–Kier alpha value is -0.520. The molecule has 4 nitrogen and oxygen atoms in total. The number of halogens is 2. The second-order valence-electron chi connectivity index (χ2n) is 6.48. The van der Waals surface area contributed by atoms with Crippen molar-refractivity contribution in [3.05, 3.63) is 28.2 Å². The van der Waals surface area contributed by atoms with E-state index < -0.39 is 0 Å². The van der Waals surface area contributed by atoms with Gasteiger partial charge in [0.2, 0.25) is 0 Å². The van der Waals surface area contributed by atoms with E-state index in [1.54, 1.807) is 18.2 Å². The SMILES string of the molecule is CCCNCC1COC(C(C)(C)COc2ccc(Cl)cc2Cl)O1. The van der Waals surface area contributed by atoms with E-state index in [0.717, 1.165) is 19.5 Å². The van der Waals surface area contributed by atoms with Crippen LogP contribution in [0.4, 0.5) is 0 Å². The minimum Gasteiger partial charge on any atom is -0.491 e. The molecule has 1 N–H and O–H groups in total. The van der Waals surface area contributed by atoms with Gasteiger partial charge in [0.25, 0.3) is 0 Å². The zero-order chi connectivity index (χ0) is 16.9. The van der Waals surface area contributed by atoms with Gasteiger partial charge < -0.3 is 19.5 Å². The number of hydrogen-bond acceptors (Lipinski definition) is 4. The summed E-state index contributed by atoms with van der Waals surface area (Å²) in [5.41, 5.74) is -0.289. The zero-order valence-corrected chi connectivity index (χ0v) is 15.4. The summed E-state index contributed by atoms with van der Waals surface area (Å²) < 4.78 is 17.6.